The minimum atomic E-state index is -1.67. The van der Waals surface area contributed by atoms with Crippen molar-refractivity contribution in [2.45, 2.75) is 22.1 Å². The van der Waals surface area contributed by atoms with Crippen LogP contribution in [-0.2, 0) is 27.5 Å². The number of methoxy groups -OCH3 is 1. The summed E-state index contributed by atoms with van der Waals surface area (Å²) in [6.07, 6.45) is 0. The van der Waals surface area contributed by atoms with Crippen molar-refractivity contribution in [1.29, 1.82) is 0 Å². The molecule has 2 rings (SSSR count). The minimum Gasteiger partial charge on any atom is -0.464 e. The maximum Gasteiger partial charge on any atom is 0.360 e. The van der Waals surface area contributed by atoms with Crippen molar-refractivity contribution in [3.63, 3.8) is 0 Å². The van der Waals surface area contributed by atoms with Gasteiger partial charge < -0.3 is 20.1 Å². The first-order valence-corrected chi connectivity index (χ1v) is 12.4. The van der Waals surface area contributed by atoms with Crippen LogP contribution in [0.2, 0.25) is 0 Å². The second-order valence-electron chi connectivity index (χ2n) is 6.59. The molecule has 0 unspecified atom stereocenters. The molecule has 0 spiro atoms. The molecular formula is C21H21FI3N3O4. The van der Waals surface area contributed by atoms with Crippen LogP contribution in [-0.4, -0.2) is 31.6 Å². The average molecular weight is 779 g/mol. The van der Waals surface area contributed by atoms with Crippen LogP contribution in [0.15, 0.2) is 40.6 Å². The number of alkyl halides is 3. The number of nitrogens with two attached hydrogens (primary N) is 1. The van der Waals surface area contributed by atoms with Gasteiger partial charge >= 0.3 is 5.97 Å². The molecule has 0 aliphatic rings. The molecule has 0 aliphatic carbocycles. The van der Waals surface area contributed by atoms with E-state index >= 15 is 0 Å². The molecular weight excluding hydrogens is 758 g/mol. The van der Waals surface area contributed by atoms with E-state index in [1.54, 1.807) is 76.4 Å². The van der Waals surface area contributed by atoms with Crippen LogP contribution in [0.25, 0.3) is 0 Å². The van der Waals surface area contributed by atoms with Gasteiger partial charge in [0.1, 0.15) is 13.7 Å². The summed E-state index contributed by atoms with van der Waals surface area (Å²) in [5.74, 6) is -0.636. The lowest BCUT2D eigenvalue weighted by Gasteiger charge is -2.18. The number of hydrogen-bond acceptors (Lipinski definition) is 7. The predicted octanol–water partition coefficient (Wildman–Crippen LogP) is 5.60. The number of esters is 1. The van der Waals surface area contributed by atoms with Crippen molar-refractivity contribution in [1.82, 2.24) is 0 Å². The minimum absolute atomic E-state index is 0.0189. The maximum atomic E-state index is 14.8. The second-order valence-corrected chi connectivity index (χ2v) is 12.8. The van der Waals surface area contributed by atoms with E-state index in [2.05, 4.69) is 32.9 Å². The first-order valence-electron chi connectivity index (χ1n) is 9.12. The van der Waals surface area contributed by atoms with Gasteiger partial charge in [-0.3, -0.25) is 0 Å². The summed E-state index contributed by atoms with van der Waals surface area (Å²) in [5, 5.41) is 8.03. The van der Waals surface area contributed by atoms with Gasteiger partial charge in [-0.1, -0.05) is 28.5 Å². The Balaban J connectivity index is 2.41. The fourth-order valence-electron chi connectivity index (χ4n) is 2.96. The number of carbonyl (C=O) groups is 1. The first kappa shape index (κ1) is 27.0. The highest BCUT2D eigenvalue weighted by Gasteiger charge is 2.30. The quantitative estimate of drug-likeness (QED) is 0.0942. The first-order chi connectivity index (χ1) is 15.0. The maximum absolute atomic E-state index is 14.8. The zero-order valence-electron chi connectivity index (χ0n) is 17.7. The van der Waals surface area contributed by atoms with Crippen LogP contribution in [0.5, 0.6) is 0 Å². The summed E-state index contributed by atoms with van der Waals surface area (Å²) in [7, 11) is 2.61. The van der Waals surface area contributed by atoms with Gasteiger partial charge in [-0.25, -0.2) is 9.18 Å². The zero-order valence-corrected chi connectivity index (χ0v) is 24.2. The third kappa shape index (κ3) is 6.65. The number of ether oxygens (including phenoxy) is 1. The molecule has 2 aromatic carbocycles. The van der Waals surface area contributed by atoms with Crippen LogP contribution in [0.3, 0.4) is 0 Å². The average Bonchev–Trinajstić information content (AvgIpc) is 2.71. The molecule has 172 valence electrons. The summed E-state index contributed by atoms with van der Waals surface area (Å²) in [6.45, 7) is 3.67. The molecule has 0 radical (unpaired) electrons. The standard InChI is InChI=1S/C21H21FI3N3O4/c1-11-6-5-7-14(19(28-31-4)20(29)30-3)15(11)10-32-27-12(2)18-16(21(22,24)25)8-13(26)9-17(18)23/h5-9H,10,26H2,1-4H3/b27-12+,28-19+. The monoisotopic (exact) mass is 779 g/mol. The van der Waals surface area contributed by atoms with E-state index < -0.39 is 7.65 Å². The van der Waals surface area contributed by atoms with E-state index in [4.69, 9.17) is 20.1 Å². The molecule has 0 saturated heterocycles. The van der Waals surface area contributed by atoms with E-state index in [0.29, 0.717) is 33.7 Å². The Bertz CT molecular complexity index is 1070. The highest BCUT2D eigenvalue weighted by atomic mass is 127. The zero-order chi connectivity index (χ0) is 24.1. The molecule has 2 N–H and O–H groups in total. The van der Waals surface area contributed by atoms with Crippen LogP contribution < -0.4 is 5.73 Å². The normalized spacial score (nSPS) is 12.5. The van der Waals surface area contributed by atoms with Crippen molar-refractivity contribution in [3.8, 4) is 0 Å². The van der Waals surface area contributed by atoms with E-state index in [-0.39, 0.29) is 12.3 Å². The predicted molar refractivity (Wildman–Crippen MR) is 148 cm³/mol. The molecule has 0 amide bonds. The summed E-state index contributed by atoms with van der Waals surface area (Å²) in [4.78, 5) is 22.6. The van der Waals surface area contributed by atoms with Crippen molar-refractivity contribution in [2.24, 2.45) is 10.3 Å². The number of aryl methyl sites for hydroxylation is 1. The highest BCUT2D eigenvalue weighted by molar-refractivity contribution is 14.2. The second kappa shape index (κ2) is 11.8. The SMILES string of the molecule is CO/N=C(/C(=O)OC)c1cccc(C)c1CO/N=C(\C)c1c(I)cc(N)cc1C(F)(I)I. The molecule has 32 heavy (non-hydrogen) atoms. The number of hydrogen-bond donors (Lipinski definition) is 1. The van der Waals surface area contributed by atoms with Gasteiger partial charge in [0.2, 0.25) is 1.68 Å². The Morgan fingerprint density at radius 2 is 1.91 bits per heavy atom. The Hall–Kier alpha value is -1.23. The number of oxime groups is 2. The Morgan fingerprint density at radius 1 is 1.22 bits per heavy atom. The Labute approximate surface area is 226 Å². The third-order valence-corrected chi connectivity index (χ3v) is 6.43. The number of nitrogens with zero attached hydrogens (tertiary/aromatic N) is 2. The smallest absolute Gasteiger partial charge is 0.360 e. The fourth-order valence-corrected chi connectivity index (χ4v) is 4.85. The molecule has 0 aromatic heterocycles. The van der Waals surface area contributed by atoms with Crippen molar-refractivity contribution < 1.29 is 23.6 Å². The van der Waals surface area contributed by atoms with Crippen LogP contribution in [0.1, 0.15) is 34.7 Å². The number of halogens is 4. The number of carbonyl (C=O) groups excluding carboxylic acids is 1. The molecule has 7 nitrogen and oxygen atoms in total. The third-order valence-electron chi connectivity index (χ3n) is 4.42. The summed E-state index contributed by atoms with van der Waals surface area (Å²) < 4.78 is 18.7. The lowest BCUT2D eigenvalue weighted by atomic mass is 9.99. The van der Waals surface area contributed by atoms with Crippen LogP contribution >= 0.6 is 67.8 Å². The molecule has 0 fully saturated rings. The molecule has 0 heterocycles. The molecule has 0 bridgehead atoms. The van der Waals surface area contributed by atoms with Gasteiger partial charge in [0.25, 0.3) is 0 Å². The molecule has 11 heteroatoms. The lowest BCUT2D eigenvalue weighted by Crippen LogP contribution is -2.20. The number of benzene rings is 2. The van der Waals surface area contributed by atoms with Crippen molar-refractivity contribution in [2.75, 3.05) is 20.0 Å². The molecule has 0 aliphatic heterocycles. The van der Waals surface area contributed by atoms with Crippen molar-refractivity contribution >= 4 is 90.9 Å². The Morgan fingerprint density at radius 3 is 2.50 bits per heavy atom. The van der Waals surface area contributed by atoms with Crippen LogP contribution in [0, 0.1) is 10.5 Å². The summed E-state index contributed by atoms with van der Waals surface area (Å²) in [5.41, 5.74) is 9.99. The summed E-state index contributed by atoms with van der Waals surface area (Å²) in [6, 6.07) is 8.74. The molecule has 0 atom stereocenters. The van der Waals surface area contributed by atoms with Gasteiger partial charge in [-0.2, -0.15) is 0 Å². The Kier molecular flexibility index (Phi) is 9.93. The van der Waals surface area contributed by atoms with Gasteiger partial charge in [0.15, 0.2) is 5.71 Å². The lowest BCUT2D eigenvalue weighted by molar-refractivity contribution is -0.132. The topological polar surface area (TPSA) is 95.5 Å². The van der Waals surface area contributed by atoms with E-state index in [1.165, 1.54) is 14.2 Å². The van der Waals surface area contributed by atoms with Crippen molar-refractivity contribution in [3.05, 3.63) is 61.7 Å². The van der Waals surface area contributed by atoms with Gasteiger partial charge in [-0.05, 0) is 99.3 Å². The number of anilines is 1. The van der Waals surface area contributed by atoms with E-state index in [1.807, 2.05) is 13.0 Å². The number of rotatable bonds is 8. The van der Waals surface area contributed by atoms with Gasteiger partial charge in [0.05, 0.1) is 12.8 Å². The van der Waals surface area contributed by atoms with Crippen LogP contribution in [0.4, 0.5) is 10.1 Å². The van der Waals surface area contributed by atoms with Gasteiger partial charge in [-0.15, -0.1) is 0 Å². The molecule has 2 aromatic rings. The largest absolute Gasteiger partial charge is 0.464 e. The highest BCUT2D eigenvalue weighted by Crippen LogP contribution is 2.44. The van der Waals surface area contributed by atoms with E-state index in [9.17, 15) is 9.18 Å². The fraction of sp³-hybridized carbons (Fsp3) is 0.286. The number of nitrogen functional groups attached to an aromatic ring is 1. The molecule has 0 saturated carbocycles. The summed E-state index contributed by atoms with van der Waals surface area (Å²) >= 11 is 5.52. The van der Waals surface area contributed by atoms with Gasteiger partial charge in [0, 0.05) is 31.5 Å². The van der Waals surface area contributed by atoms with E-state index in [0.717, 1.165) is 9.13 Å².